The number of thiocarbonyl (C=S) groups is 1. The average molecular weight is 327 g/mol. The molecular formula is C12H13N3O2S3. The predicted molar refractivity (Wildman–Crippen MR) is 83.3 cm³/mol. The highest BCUT2D eigenvalue weighted by Crippen LogP contribution is 2.21. The number of nitrogens with one attached hydrogen (secondary N) is 1. The molecule has 2 heterocycles. The second-order valence-corrected chi connectivity index (χ2v) is 7.47. The van der Waals surface area contributed by atoms with Crippen molar-refractivity contribution in [3.63, 3.8) is 0 Å². The van der Waals surface area contributed by atoms with Gasteiger partial charge in [0.1, 0.15) is 9.20 Å². The maximum atomic E-state index is 12.1. The van der Waals surface area contributed by atoms with Crippen molar-refractivity contribution in [3.05, 3.63) is 47.1 Å². The van der Waals surface area contributed by atoms with Gasteiger partial charge in [0.2, 0.25) is 10.0 Å². The standard InChI is InChI=1S/C12H13N3O2S3/c13-12(18)10-4-5-11(19-10)20(16,17)15-8-6-9-3-1-2-7-14-9/h1-5,7,15H,6,8H2,(H2,13,18). The lowest BCUT2D eigenvalue weighted by molar-refractivity contribution is 0.583. The molecule has 2 aromatic heterocycles. The van der Waals surface area contributed by atoms with E-state index >= 15 is 0 Å². The molecule has 0 aromatic carbocycles. The van der Waals surface area contributed by atoms with Crippen LogP contribution in [0, 0.1) is 0 Å². The molecular weight excluding hydrogens is 314 g/mol. The van der Waals surface area contributed by atoms with Crippen molar-refractivity contribution in [2.24, 2.45) is 5.73 Å². The van der Waals surface area contributed by atoms with Gasteiger partial charge in [-0.15, -0.1) is 11.3 Å². The number of thiophene rings is 1. The van der Waals surface area contributed by atoms with Gasteiger partial charge in [-0.2, -0.15) is 0 Å². The lowest BCUT2D eigenvalue weighted by atomic mass is 10.3. The summed E-state index contributed by atoms with van der Waals surface area (Å²) in [5.41, 5.74) is 6.30. The zero-order valence-electron chi connectivity index (χ0n) is 10.4. The Bertz CT molecular complexity index is 696. The molecule has 0 saturated heterocycles. The van der Waals surface area contributed by atoms with Crippen molar-refractivity contribution in [2.75, 3.05) is 6.54 Å². The molecule has 8 heteroatoms. The van der Waals surface area contributed by atoms with Gasteiger partial charge in [-0.1, -0.05) is 18.3 Å². The minimum atomic E-state index is -3.52. The van der Waals surface area contributed by atoms with Crippen LogP contribution < -0.4 is 10.5 Å². The van der Waals surface area contributed by atoms with Gasteiger partial charge in [-0.3, -0.25) is 4.98 Å². The fourth-order valence-corrected chi connectivity index (χ4v) is 3.96. The van der Waals surface area contributed by atoms with E-state index < -0.39 is 10.0 Å². The summed E-state index contributed by atoms with van der Waals surface area (Å²) in [6, 6.07) is 8.65. The maximum Gasteiger partial charge on any atom is 0.250 e. The molecule has 0 atom stereocenters. The monoisotopic (exact) mass is 327 g/mol. The molecule has 0 unspecified atom stereocenters. The van der Waals surface area contributed by atoms with Crippen molar-refractivity contribution in [1.29, 1.82) is 0 Å². The number of sulfonamides is 1. The van der Waals surface area contributed by atoms with E-state index in [0.717, 1.165) is 17.0 Å². The number of hydrogen-bond donors (Lipinski definition) is 2. The Kier molecular flexibility index (Phi) is 4.81. The highest BCUT2D eigenvalue weighted by molar-refractivity contribution is 7.91. The van der Waals surface area contributed by atoms with Crippen LogP contribution in [-0.4, -0.2) is 24.9 Å². The van der Waals surface area contributed by atoms with Crippen LogP contribution in [0.25, 0.3) is 0 Å². The third kappa shape index (κ3) is 3.83. The summed E-state index contributed by atoms with van der Waals surface area (Å²) < 4.78 is 26.9. The van der Waals surface area contributed by atoms with Crippen LogP contribution in [0.4, 0.5) is 0 Å². The first-order valence-corrected chi connectivity index (χ1v) is 8.49. The summed E-state index contributed by atoms with van der Waals surface area (Å²) in [6.07, 6.45) is 2.21. The summed E-state index contributed by atoms with van der Waals surface area (Å²) in [7, 11) is -3.52. The van der Waals surface area contributed by atoms with Crippen molar-refractivity contribution >= 4 is 38.6 Å². The number of nitrogens with two attached hydrogens (primary N) is 1. The zero-order chi connectivity index (χ0) is 14.6. The molecule has 0 spiro atoms. The number of hydrogen-bond acceptors (Lipinski definition) is 5. The lowest BCUT2D eigenvalue weighted by Crippen LogP contribution is -2.25. The van der Waals surface area contributed by atoms with Crippen molar-refractivity contribution < 1.29 is 8.42 Å². The molecule has 5 nitrogen and oxygen atoms in total. The minimum absolute atomic E-state index is 0.199. The van der Waals surface area contributed by atoms with Gasteiger partial charge in [0.25, 0.3) is 0 Å². The second kappa shape index (κ2) is 6.40. The summed E-state index contributed by atoms with van der Waals surface area (Å²) in [5.74, 6) is 0. The topological polar surface area (TPSA) is 85.1 Å². The van der Waals surface area contributed by atoms with Crippen molar-refractivity contribution in [2.45, 2.75) is 10.6 Å². The Hall–Kier alpha value is -1.35. The van der Waals surface area contributed by atoms with E-state index in [1.165, 1.54) is 6.07 Å². The molecule has 0 aliphatic rings. The van der Waals surface area contributed by atoms with Crippen LogP contribution in [0.5, 0.6) is 0 Å². The lowest BCUT2D eigenvalue weighted by Gasteiger charge is -2.04. The molecule has 3 N–H and O–H groups in total. The van der Waals surface area contributed by atoms with Crippen molar-refractivity contribution in [3.8, 4) is 0 Å². The van der Waals surface area contributed by atoms with Gasteiger partial charge in [-0.05, 0) is 24.3 Å². The van der Waals surface area contributed by atoms with Gasteiger partial charge < -0.3 is 5.73 Å². The molecule has 2 aromatic rings. The first-order chi connectivity index (χ1) is 9.49. The highest BCUT2D eigenvalue weighted by Gasteiger charge is 2.16. The van der Waals surface area contributed by atoms with E-state index in [1.807, 2.05) is 18.2 Å². The third-order valence-corrected chi connectivity index (χ3v) is 5.91. The summed E-state index contributed by atoms with van der Waals surface area (Å²) in [6.45, 7) is 0.291. The van der Waals surface area contributed by atoms with Gasteiger partial charge in [0.15, 0.2) is 0 Å². The van der Waals surface area contributed by atoms with E-state index in [0.29, 0.717) is 17.8 Å². The van der Waals surface area contributed by atoms with Crippen LogP contribution in [0.3, 0.4) is 0 Å². The van der Waals surface area contributed by atoms with E-state index in [2.05, 4.69) is 9.71 Å². The molecule has 0 radical (unpaired) electrons. The Morgan fingerprint density at radius 3 is 2.75 bits per heavy atom. The molecule has 0 aliphatic heterocycles. The van der Waals surface area contributed by atoms with Crippen LogP contribution in [-0.2, 0) is 16.4 Å². The minimum Gasteiger partial charge on any atom is -0.389 e. The normalized spacial score (nSPS) is 11.4. The fourth-order valence-electron chi connectivity index (χ4n) is 1.53. The zero-order valence-corrected chi connectivity index (χ0v) is 12.9. The fraction of sp³-hybridized carbons (Fsp3) is 0.167. The molecule has 106 valence electrons. The number of nitrogens with zero attached hydrogens (tertiary/aromatic N) is 1. The summed E-state index contributed by atoms with van der Waals surface area (Å²) in [4.78, 5) is 4.92. The maximum absolute atomic E-state index is 12.1. The number of aromatic nitrogens is 1. The second-order valence-electron chi connectivity index (χ2n) is 3.95. The van der Waals surface area contributed by atoms with Crippen LogP contribution in [0.1, 0.15) is 10.6 Å². The van der Waals surface area contributed by atoms with Gasteiger partial charge >= 0.3 is 0 Å². The van der Waals surface area contributed by atoms with Crippen LogP contribution in [0.15, 0.2) is 40.7 Å². The van der Waals surface area contributed by atoms with E-state index in [9.17, 15) is 8.42 Å². The largest absolute Gasteiger partial charge is 0.389 e. The van der Waals surface area contributed by atoms with Gasteiger partial charge in [-0.25, -0.2) is 13.1 Å². The van der Waals surface area contributed by atoms with Gasteiger partial charge in [0, 0.05) is 24.9 Å². The summed E-state index contributed by atoms with van der Waals surface area (Å²) >= 11 is 5.88. The van der Waals surface area contributed by atoms with Crippen LogP contribution >= 0.6 is 23.6 Å². The number of pyridine rings is 1. The van der Waals surface area contributed by atoms with Crippen molar-refractivity contribution in [1.82, 2.24) is 9.71 Å². The Morgan fingerprint density at radius 2 is 2.15 bits per heavy atom. The van der Waals surface area contributed by atoms with E-state index in [-0.39, 0.29) is 9.20 Å². The molecule has 20 heavy (non-hydrogen) atoms. The third-order valence-electron chi connectivity index (χ3n) is 2.49. The molecule has 0 aliphatic carbocycles. The van der Waals surface area contributed by atoms with Crippen LogP contribution in [0.2, 0.25) is 0 Å². The average Bonchev–Trinajstić information content (AvgIpc) is 2.90. The van der Waals surface area contributed by atoms with E-state index in [4.69, 9.17) is 18.0 Å². The molecule has 2 rings (SSSR count). The smallest absolute Gasteiger partial charge is 0.250 e. The molecule has 0 amide bonds. The predicted octanol–water partition coefficient (Wildman–Crippen LogP) is 1.30. The quantitative estimate of drug-likeness (QED) is 0.781. The Balaban J connectivity index is 1.98. The Morgan fingerprint density at radius 1 is 1.35 bits per heavy atom. The SMILES string of the molecule is NC(=S)c1ccc(S(=O)(=O)NCCc2ccccn2)s1. The number of rotatable bonds is 6. The first kappa shape index (κ1) is 15.0. The summed E-state index contributed by atoms with van der Waals surface area (Å²) in [5, 5.41) is 0. The van der Waals surface area contributed by atoms with E-state index in [1.54, 1.807) is 12.3 Å². The van der Waals surface area contributed by atoms with Gasteiger partial charge in [0.05, 0.1) is 4.88 Å². The highest BCUT2D eigenvalue weighted by atomic mass is 32.2. The molecule has 0 bridgehead atoms. The molecule has 0 saturated carbocycles. The molecule has 0 fully saturated rings. The Labute approximate surface area is 126 Å². The first-order valence-electron chi connectivity index (χ1n) is 5.78.